The number of rotatable bonds is 6. The molecule has 2 aliphatic carbocycles. The highest BCUT2D eigenvalue weighted by Crippen LogP contribution is 2.30. The van der Waals surface area contributed by atoms with Gasteiger partial charge in [0.1, 0.15) is 6.10 Å². The maximum Gasteiger partial charge on any atom is 0.410 e. The van der Waals surface area contributed by atoms with Gasteiger partial charge in [-0.25, -0.2) is 4.79 Å². The summed E-state index contributed by atoms with van der Waals surface area (Å²) in [6, 6.07) is 0.761. The van der Waals surface area contributed by atoms with E-state index in [-0.39, 0.29) is 12.2 Å². The number of hydrogen-bond acceptors (Lipinski definition) is 2. The molecule has 0 saturated heterocycles. The molecule has 2 rings (SSSR count). The van der Waals surface area contributed by atoms with E-state index >= 15 is 0 Å². The molecule has 2 aliphatic rings. The summed E-state index contributed by atoms with van der Waals surface area (Å²) in [5.41, 5.74) is 0. The number of ether oxygens (including phenoxy) is 1. The van der Waals surface area contributed by atoms with E-state index in [2.05, 4.69) is 11.5 Å². The van der Waals surface area contributed by atoms with Crippen LogP contribution in [0.5, 0.6) is 0 Å². The van der Waals surface area contributed by atoms with Crippen molar-refractivity contribution >= 4 is 6.09 Å². The Kier molecular flexibility index (Phi) is 8.14. The van der Waals surface area contributed by atoms with Crippen molar-refractivity contribution in [3.05, 3.63) is 37.0 Å². The van der Waals surface area contributed by atoms with Crippen LogP contribution in [0, 0.1) is 0 Å². The predicted molar refractivity (Wildman–Crippen MR) is 100 cm³/mol. The summed E-state index contributed by atoms with van der Waals surface area (Å²) in [6.45, 7) is 5.57. The minimum atomic E-state index is -0.207. The van der Waals surface area contributed by atoms with Crippen molar-refractivity contribution in [2.45, 2.75) is 89.3 Å². The van der Waals surface area contributed by atoms with Crippen LogP contribution in [0.3, 0.4) is 0 Å². The number of nitrogens with zero attached hydrogens (tertiary/aromatic N) is 1. The van der Waals surface area contributed by atoms with Crippen molar-refractivity contribution in [2.75, 3.05) is 0 Å². The fourth-order valence-electron chi connectivity index (χ4n) is 3.94. The molecule has 0 heterocycles. The zero-order chi connectivity index (χ0) is 17.2. The molecule has 134 valence electrons. The molecule has 1 amide bonds. The third-order valence-electron chi connectivity index (χ3n) is 5.17. The van der Waals surface area contributed by atoms with Crippen molar-refractivity contribution in [3.63, 3.8) is 0 Å². The number of amides is 1. The summed E-state index contributed by atoms with van der Waals surface area (Å²) in [4.78, 5) is 15.0. The fraction of sp³-hybridized carbons (Fsp3) is 0.667. The molecule has 24 heavy (non-hydrogen) atoms. The molecule has 0 aliphatic heterocycles. The van der Waals surface area contributed by atoms with Gasteiger partial charge in [-0.15, -0.1) is 0 Å². The number of carbonyl (C=O) groups excluding carboxylic acids is 1. The third-order valence-corrected chi connectivity index (χ3v) is 5.17. The van der Waals surface area contributed by atoms with Crippen LogP contribution in [-0.2, 0) is 4.74 Å². The van der Waals surface area contributed by atoms with Gasteiger partial charge in [0, 0.05) is 12.1 Å². The summed E-state index contributed by atoms with van der Waals surface area (Å²) >= 11 is 0. The summed E-state index contributed by atoms with van der Waals surface area (Å²) in [5.74, 6) is 0. The summed E-state index contributed by atoms with van der Waals surface area (Å²) < 4.78 is 5.74. The lowest BCUT2D eigenvalue weighted by molar-refractivity contribution is 0.0357. The molecule has 1 atom stereocenters. The Balaban J connectivity index is 1.98. The number of hydrogen-bond donors (Lipinski definition) is 0. The van der Waals surface area contributed by atoms with Gasteiger partial charge in [0.05, 0.1) is 0 Å². The maximum absolute atomic E-state index is 12.9. The smallest absolute Gasteiger partial charge is 0.410 e. The Hall–Kier alpha value is -1.51. The average molecular weight is 332 g/mol. The Morgan fingerprint density at radius 3 is 2.00 bits per heavy atom. The lowest BCUT2D eigenvalue weighted by Crippen LogP contribution is -2.49. The van der Waals surface area contributed by atoms with Crippen molar-refractivity contribution in [1.29, 1.82) is 0 Å². The van der Waals surface area contributed by atoms with Crippen LogP contribution in [0.2, 0.25) is 0 Å². The minimum absolute atomic E-state index is 0.112. The first-order valence-corrected chi connectivity index (χ1v) is 9.67. The number of carbonyl (C=O) groups is 1. The Bertz CT molecular complexity index is 425. The van der Waals surface area contributed by atoms with Crippen molar-refractivity contribution in [1.82, 2.24) is 4.90 Å². The fourth-order valence-corrected chi connectivity index (χ4v) is 3.94. The first kappa shape index (κ1) is 18.8. The van der Waals surface area contributed by atoms with Crippen LogP contribution < -0.4 is 0 Å². The van der Waals surface area contributed by atoms with Gasteiger partial charge in [-0.2, -0.15) is 0 Å². The van der Waals surface area contributed by atoms with E-state index in [9.17, 15) is 4.79 Å². The molecule has 0 N–H and O–H groups in total. The minimum Gasteiger partial charge on any atom is -0.442 e. The molecule has 0 radical (unpaired) electrons. The lowest BCUT2D eigenvalue weighted by Gasteiger charge is -2.41. The van der Waals surface area contributed by atoms with Gasteiger partial charge >= 0.3 is 6.09 Å². The molecule has 1 unspecified atom stereocenters. The topological polar surface area (TPSA) is 29.5 Å². The second kappa shape index (κ2) is 10.4. The average Bonchev–Trinajstić information content (AvgIpc) is 2.61. The van der Waals surface area contributed by atoms with Crippen LogP contribution >= 0.6 is 0 Å². The Morgan fingerprint density at radius 1 is 0.958 bits per heavy atom. The van der Waals surface area contributed by atoms with Crippen LogP contribution in [0.25, 0.3) is 0 Å². The monoisotopic (exact) mass is 331 g/mol. The van der Waals surface area contributed by atoms with Crippen molar-refractivity contribution < 1.29 is 9.53 Å². The Morgan fingerprint density at radius 2 is 1.50 bits per heavy atom. The van der Waals surface area contributed by atoms with Gasteiger partial charge in [0.25, 0.3) is 0 Å². The molecule has 2 saturated carbocycles. The molecular weight excluding hydrogens is 298 g/mol. The largest absolute Gasteiger partial charge is 0.442 e. The van der Waals surface area contributed by atoms with Crippen molar-refractivity contribution in [2.24, 2.45) is 0 Å². The van der Waals surface area contributed by atoms with Gasteiger partial charge in [-0.1, -0.05) is 69.4 Å². The lowest BCUT2D eigenvalue weighted by atomic mass is 9.89. The highest BCUT2D eigenvalue weighted by Gasteiger charge is 2.33. The van der Waals surface area contributed by atoms with Crippen LogP contribution in [0.15, 0.2) is 37.0 Å². The van der Waals surface area contributed by atoms with E-state index in [4.69, 9.17) is 4.74 Å². The van der Waals surface area contributed by atoms with E-state index in [1.165, 1.54) is 38.5 Å². The molecule has 0 spiro atoms. The summed E-state index contributed by atoms with van der Waals surface area (Å²) in [6.07, 6.45) is 21.1. The van der Waals surface area contributed by atoms with Crippen LogP contribution in [0.4, 0.5) is 4.79 Å². The van der Waals surface area contributed by atoms with Crippen LogP contribution in [-0.4, -0.2) is 29.2 Å². The quantitative estimate of drug-likeness (QED) is 0.578. The van der Waals surface area contributed by atoms with E-state index in [1.54, 1.807) is 6.08 Å². The van der Waals surface area contributed by atoms with Gasteiger partial charge in [-0.05, 0) is 38.7 Å². The van der Waals surface area contributed by atoms with Gasteiger partial charge < -0.3 is 9.64 Å². The van der Waals surface area contributed by atoms with E-state index in [0.29, 0.717) is 12.1 Å². The summed E-state index contributed by atoms with van der Waals surface area (Å²) in [7, 11) is 0. The molecule has 0 aromatic heterocycles. The van der Waals surface area contributed by atoms with E-state index in [0.717, 1.165) is 25.7 Å². The molecule has 3 heteroatoms. The Labute approximate surface area is 147 Å². The maximum atomic E-state index is 12.9. The van der Waals surface area contributed by atoms with Crippen LogP contribution in [0.1, 0.15) is 71.1 Å². The highest BCUT2D eigenvalue weighted by molar-refractivity contribution is 5.69. The molecular formula is C21H33NO2. The normalized spacial score (nSPS) is 21.9. The first-order valence-electron chi connectivity index (χ1n) is 9.67. The molecule has 0 aromatic rings. The molecule has 3 nitrogen and oxygen atoms in total. The van der Waals surface area contributed by atoms with E-state index in [1.807, 2.05) is 31.2 Å². The standard InChI is InChI=1S/C21H33NO2/c1-3-4-5-8-13-18(2)24-21(23)22(19-14-9-6-10-15-19)20-16-11-7-12-17-20/h3-5,8,13,18-20H,1,6-7,9-12,14-17H2,2H3. The zero-order valence-electron chi connectivity index (χ0n) is 15.2. The van der Waals surface area contributed by atoms with Gasteiger partial charge in [0.2, 0.25) is 0 Å². The molecule has 0 aromatic carbocycles. The van der Waals surface area contributed by atoms with E-state index < -0.39 is 0 Å². The SMILES string of the molecule is C=CC=CC=CC(C)OC(=O)N(C1CCCCC1)C1CCCCC1. The van der Waals surface area contributed by atoms with Gasteiger partial charge in [-0.3, -0.25) is 0 Å². The third kappa shape index (κ3) is 5.85. The first-order chi connectivity index (χ1) is 11.7. The highest BCUT2D eigenvalue weighted by atomic mass is 16.6. The second-order valence-electron chi connectivity index (χ2n) is 7.09. The zero-order valence-corrected chi connectivity index (χ0v) is 15.2. The summed E-state index contributed by atoms with van der Waals surface area (Å²) in [5, 5.41) is 0. The molecule has 2 fully saturated rings. The van der Waals surface area contributed by atoms with Crippen molar-refractivity contribution in [3.8, 4) is 0 Å². The molecule has 0 bridgehead atoms. The second-order valence-corrected chi connectivity index (χ2v) is 7.09. The van der Waals surface area contributed by atoms with Gasteiger partial charge in [0.15, 0.2) is 0 Å². The predicted octanol–water partition coefficient (Wildman–Crippen LogP) is 5.78. The number of allylic oxidation sites excluding steroid dienone is 4.